The summed E-state index contributed by atoms with van der Waals surface area (Å²) in [6, 6.07) is 54.7. The molecule has 0 saturated carbocycles. The zero-order valence-corrected chi connectivity index (χ0v) is 28.1. The van der Waals surface area contributed by atoms with Crippen molar-refractivity contribution in [3.8, 4) is 11.1 Å². The fraction of sp³-hybridized carbons (Fsp3) is 0.106. The van der Waals surface area contributed by atoms with Gasteiger partial charge in [0.2, 0.25) is 0 Å². The van der Waals surface area contributed by atoms with Crippen LogP contribution in [-0.2, 0) is 5.41 Å². The van der Waals surface area contributed by atoms with Gasteiger partial charge < -0.3 is 9.80 Å². The Morgan fingerprint density at radius 1 is 0.469 bits per heavy atom. The summed E-state index contributed by atoms with van der Waals surface area (Å²) < 4.78 is 0. The normalized spacial score (nSPS) is 14.3. The number of allylic oxidation sites excluding steroid dienone is 3. The van der Waals surface area contributed by atoms with Crippen LogP contribution in [0.15, 0.2) is 176 Å². The molecule has 0 atom stereocenters. The summed E-state index contributed by atoms with van der Waals surface area (Å²) in [5, 5.41) is 0. The molecule has 2 aliphatic rings. The highest BCUT2D eigenvalue weighted by Gasteiger charge is 2.36. The van der Waals surface area contributed by atoms with Gasteiger partial charge in [-0.1, -0.05) is 129 Å². The lowest BCUT2D eigenvalue weighted by molar-refractivity contribution is 0.660. The van der Waals surface area contributed by atoms with Gasteiger partial charge in [-0.25, -0.2) is 0 Å². The van der Waals surface area contributed by atoms with Crippen LogP contribution in [0.4, 0.5) is 28.4 Å². The second kappa shape index (κ2) is 13.0. The number of hydrogen-bond acceptors (Lipinski definition) is 2. The molecule has 0 radical (unpaired) electrons. The van der Waals surface area contributed by atoms with Gasteiger partial charge in [-0.2, -0.15) is 0 Å². The number of nitrogens with zero attached hydrogens (tertiary/aromatic N) is 2. The summed E-state index contributed by atoms with van der Waals surface area (Å²) in [5.74, 6) is 0. The van der Waals surface area contributed by atoms with Crippen LogP contribution in [-0.4, -0.2) is 0 Å². The van der Waals surface area contributed by atoms with Gasteiger partial charge in [-0.15, -0.1) is 0 Å². The Hall–Kier alpha value is -5.86. The highest BCUT2D eigenvalue weighted by molar-refractivity contribution is 5.87. The predicted octanol–water partition coefficient (Wildman–Crippen LogP) is 13.0. The molecule has 0 unspecified atom stereocenters. The maximum atomic E-state index is 2.39. The summed E-state index contributed by atoms with van der Waals surface area (Å²) in [6.07, 6.45) is 13.5. The average molecular weight is 633 g/mol. The predicted molar refractivity (Wildman–Crippen MR) is 209 cm³/mol. The van der Waals surface area contributed by atoms with Crippen LogP contribution in [0.3, 0.4) is 0 Å². The van der Waals surface area contributed by atoms with Gasteiger partial charge in [0.15, 0.2) is 0 Å². The molecule has 2 nitrogen and oxygen atoms in total. The van der Waals surface area contributed by atoms with Gasteiger partial charge in [-0.05, 0) is 113 Å². The Kier molecular flexibility index (Phi) is 8.07. The van der Waals surface area contributed by atoms with E-state index in [0.29, 0.717) is 0 Å². The summed E-state index contributed by atoms with van der Waals surface area (Å²) in [5.41, 5.74) is 14.7. The maximum Gasteiger partial charge on any atom is 0.0465 e. The van der Waals surface area contributed by atoms with Crippen LogP contribution in [0.25, 0.3) is 23.3 Å². The van der Waals surface area contributed by atoms with Gasteiger partial charge >= 0.3 is 0 Å². The topological polar surface area (TPSA) is 6.48 Å². The van der Waals surface area contributed by atoms with Crippen LogP contribution in [0.2, 0.25) is 0 Å². The molecule has 0 spiro atoms. The number of benzene rings is 6. The van der Waals surface area contributed by atoms with Gasteiger partial charge in [0, 0.05) is 39.5 Å². The number of fused-ring (bicyclic) bond motifs is 3. The molecule has 6 aromatic carbocycles. The molecular weight excluding hydrogens is 593 g/mol. The lowest BCUT2D eigenvalue weighted by atomic mass is 9.81. The van der Waals surface area contributed by atoms with Crippen molar-refractivity contribution < 1.29 is 0 Å². The molecule has 0 fully saturated rings. The molecular formula is C47H40N2. The Balaban J connectivity index is 1.07. The maximum absolute atomic E-state index is 2.39. The van der Waals surface area contributed by atoms with E-state index in [1.165, 1.54) is 50.5 Å². The van der Waals surface area contributed by atoms with Crippen LogP contribution in [0, 0.1) is 0 Å². The Morgan fingerprint density at radius 3 is 1.55 bits per heavy atom. The van der Waals surface area contributed by atoms with Crippen molar-refractivity contribution in [2.24, 2.45) is 0 Å². The van der Waals surface area contributed by atoms with Gasteiger partial charge in [0.05, 0.1) is 0 Å². The first-order valence-corrected chi connectivity index (χ1v) is 17.3. The van der Waals surface area contributed by atoms with Crippen molar-refractivity contribution in [3.63, 3.8) is 0 Å². The minimum absolute atomic E-state index is 0.131. The standard InChI is InChI=1S/C47H40N2/c1-47(2)45-33-36(24-23-35-25-28-41(29-26-35)48(37-15-7-3-8-16-37)38-17-9-4-10-18-38)27-31-43(45)44-32-30-42(34-46(44)47)49(39-19-11-5-12-20-39)40-21-13-6-14-22-40/h3,5-9,11-34H,4,10H2,1-2H3/b24-23+. The smallest absolute Gasteiger partial charge is 0.0465 e. The molecule has 6 aromatic rings. The quantitative estimate of drug-likeness (QED) is 0.154. The van der Waals surface area contributed by atoms with Crippen molar-refractivity contribution in [1.82, 2.24) is 0 Å². The largest absolute Gasteiger partial charge is 0.311 e. The molecule has 8 rings (SSSR count). The van der Waals surface area contributed by atoms with E-state index in [0.717, 1.165) is 29.9 Å². The van der Waals surface area contributed by atoms with E-state index in [9.17, 15) is 0 Å². The van der Waals surface area contributed by atoms with Crippen molar-refractivity contribution in [1.29, 1.82) is 0 Å². The van der Waals surface area contributed by atoms with Gasteiger partial charge in [0.25, 0.3) is 0 Å². The van der Waals surface area contributed by atoms with Gasteiger partial charge in [-0.3, -0.25) is 0 Å². The Morgan fingerprint density at radius 2 is 0.959 bits per heavy atom. The van der Waals surface area contributed by atoms with E-state index >= 15 is 0 Å². The van der Waals surface area contributed by atoms with Crippen molar-refractivity contribution in [2.45, 2.75) is 32.1 Å². The fourth-order valence-corrected chi connectivity index (χ4v) is 7.30. The third-order valence-corrected chi connectivity index (χ3v) is 9.84. The summed E-state index contributed by atoms with van der Waals surface area (Å²) in [4.78, 5) is 4.69. The van der Waals surface area contributed by atoms with E-state index in [1.54, 1.807) is 0 Å². The van der Waals surface area contributed by atoms with Crippen molar-refractivity contribution in [2.75, 3.05) is 9.80 Å². The van der Waals surface area contributed by atoms with Crippen LogP contribution < -0.4 is 9.80 Å². The van der Waals surface area contributed by atoms with E-state index < -0.39 is 0 Å². The molecule has 0 saturated heterocycles. The second-order valence-electron chi connectivity index (χ2n) is 13.4. The highest BCUT2D eigenvalue weighted by atomic mass is 15.1. The summed E-state index contributed by atoms with van der Waals surface area (Å²) in [7, 11) is 0. The first-order chi connectivity index (χ1) is 24.1. The first-order valence-electron chi connectivity index (χ1n) is 17.3. The lowest BCUT2D eigenvalue weighted by Gasteiger charge is -2.28. The van der Waals surface area contributed by atoms with Crippen LogP contribution in [0.1, 0.15) is 48.9 Å². The molecule has 2 aliphatic carbocycles. The number of para-hydroxylation sites is 3. The van der Waals surface area contributed by atoms with Crippen molar-refractivity contribution in [3.05, 3.63) is 198 Å². The van der Waals surface area contributed by atoms with E-state index in [1.807, 2.05) is 0 Å². The first kappa shape index (κ1) is 30.5. The summed E-state index contributed by atoms with van der Waals surface area (Å²) >= 11 is 0. The molecule has 0 aliphatic heterocycles. The molecule has 49 heavy (non-hydrogen) atoms. The number of anilines is 5. The zero-order chi connectivity index (χ0) is 33.2. The molecule has 0 bridgehead atoms. The molecule has 0 aromatic heterocycles. The minimum Gasteiger partial charge on any atom is -0.311 e. The van der Waals surface area contributed by atoms with Crippen molar-refractivity contribution >= 4 is 40.6 Å². The lowest BCUT2D eigenvalue weighted by Crippen LogP contribution is -2.16. The SMILES string of the molecule is CC1(C)c2cc(/C=C/c3ccc(N(C4=CCCC=C4)c4ccccc4)cc3)ccc2-c2ccc(N(c3ccccc3)c3ccccc3)cc21. The molecule has 0 heterocycles. The number of rotatable bonds is 8. The Bertz CT molecular complexity index is 2130. The van der Waals surface area contributed by atoms with Gasteiger partial charge in [0.1, 0.15) is 0 Å². The molecule has 0 N–H and O–H groups in total. The average Bonchev–Trinajstić information content (AvgIpc) is 3.38. The minimum atomic E-state index is -0.131. The van der Waals surface area contributed by atoms with E-state index in [4.69, 9.17) is 0 Å². The van der Waals surface area contributed by atoms with Crippen LogP contribution >= 0.6 is 0 Å². The second-order valence-corrected chi connectivity index (χ2v) is 13.4. The van der Waals surface area contributed by atoms with Crippen LogP contribution in [0.5, 0.6) is 0 Å². The van der Waals surface area contributed by atoms with E-state index in [2.05, 4.69) is 206 Å². The molecule has 0 amide bonds. The molecule has 238 valence electrons. The fourth-order valence-electron chi connectivity index (χ4n) is 7.30. The molecule has 2 heteroatoms. The monoisotopic (exact) mass is 632 g/mol. The number of hydrogen-bond donors (Lipinski definition) is 0. The zero-order valence-electron chi connectivity index (χ0n) is 28.1. The highest BCUT2D eigenvalue weighted by Crippen LogP contribution is 2.51. The third-order valence-electron chi connectivity index (χ3n) is 9.84. The van der Waals surface area contributed by atoms with E-state index in [-0.39, 0.29) is 5.41 Å². The summed E-state index contributed by atoms with van der Waals surface area (Å²) in [6.45, 7) is 4.72. The third kappa shape index (κ3) is 5.91. The Labute approximate surface area is 290 Å².